The molecule has 4 rings (SSSR count). The average Bonchev–Trinajstić information content (AvgIpc) is 2.85. The molecule has 0 spiro atoms. The molecule has 35 heavy (non-hydrogen) atoms. The summed E-state index contributed by atoms with van der Waals surface area (Å²) in [4.78, 5) is 28.2. The number of aromatic nitrogens is 3. The Hall–Kier alpha value is -3.23. The lowest BCUT2D eigenvalue weighted by Crippen LogP contribution is -2.61. The van der Waals surface area contributed by atoms with Gasteiger partial charge >= 0.3 is 0 Å². The zero-order valence-electron chi connectivity index (χ0n) is 20.3. The number of likely N-dealkylation sites (N-methyl/N-ethyl adjacent to an activating group) is 1. The molecule has 1 aliphatic rings. The summed E-state index contributed by atoms with van der Waals surface area (Å²) in [5.74, 6) is 1.14. The van der Waals surface area contributed by atoms with Gasteiger partial charge in [0, 0.05) is 36.6 Å². The Labute approximate surface area is 210 Å². The molecule has 184 valence electrons. The van der Waals surface area contributed by atoms with Gasteiger partial charge in [0.05, 0.1) is 28.7 Å². The fourth-order valence-corrected chi connectivity index (χ4v) is 4.70. The first-order valence-corrected chi connectivity index (χ1v) is 12.2. The maximum atomic E-state index is 12.2. The Bertz CT molecular complexity index is 1180. The first-order chi connectivity index (χ1) is 16.8. The topological polar surface area (TPSA) is 106 Å². The number of nitrogens with zero attached hydrogens (tertiary/aromatic N) is 4. The number of primary amides is 1. The minimum Gasteiger partial charge on any atom is -0.491 e. The van der Waals surface area contributed by atoms with Crippen LogP contribution in [0.5, 0.6) is 5.75 Å². The molecule has 3 aromatic rings. The Morgan fingerprint density at radius 1 is 1.20 bits per heavy atom. The number of anilines is 1. The predicted octanol–water partition coefficient (Wildman–Crippen LogP) is 4.08. The monoisotopic (exact) mass is 494 g/mol. The van der Waals surface area contributed by atoms with Crippen molar-refractivity contribution in [2.24, 2.45) is 5.73 Å². The van der Waals surface area contributed by atoms with Crippen LogP contribution in [0, 0.1) is 0 Å². The third kappa shape index (κ3) is 5.39. The predicted molar refractivity (Wildman–Crippen MR) is 139 cm³/mol. The average molecular weight is 495 g/mol. The largest absolute Gasteiger partial charge is 0.491 e. The van der Waals surface area contributed by atoms with E-state index in [4.69, 9.17) is 32.0 Å². The molecule has 3 N–H and O–H groups in total. The van der Waals surface area contributed by atoms with Crippen molar-refractivity contribution in [3.63, 3.8) is 0 Å². The summed E-state index contributed by atoms with van der Waals surface area (Å²) in [6.45, 7) is 7.89. The molecule has 3 heterocycles. The first-order valence-electron chi connectivity index (χ1n) is 11.9. The van der Waals surface area contributed by atoms with Crippen molar-refractivity contribution in [3.05, 3.63) is 53.9 Å². The summed E-state index contributed by atoms with van der Waals surface area (Å²) in [6, 6.07) is 9.41. The van der Waals surface area contributed by atoms with Gasteiger partial charge in [-0.05, 0) is 63.6 Å². The summed E-state index contributed by atoms with van der Waals surface area (Å²) in [5.41, 5.74) is 8.10. The second-order valence-corrected chi connectivity index (χ2v) is 9.34. The van der Waals surface area contributed by atoms with Gasteiger partial charge in [0.15, 0.2) is 0 Å². The Morgan fingerprint density at radius 2 is 1.91 bits per heavy atom. The van der Waals surface area contributed by atoms with E-state index in [0.29, 0.717) is 54.6 Å². The molecule has 1 amide bonds. The zero-order chi connectivity index (χ0) is 25.0. The minimum atomic E-state index is -0.681. The molecule has 0 atom stereocenters. The van der Waals surface area contributed by atoms with Crippen LogP contribution in [0.2, 0.25) is 5.02 Å². The van der Waals surface area contributed by atoms with Crippen molar-refractivity contribution >= 4 is 23.3 Å². The zero-order valence-corrected chi connectivity index (χ0v) is 21.0. The smallest absolute Gasteiger partial charge is 0.237 e. The lowest BCUT2D eigenvalue weighted by Gasteiger charge is -2.40. The molecular formula is C26H31ClN6O2. The number of halogens is 1. The number of piperidine rings is 1. The number of carbonyl (C=O) groups excluding carboxylic acids is 1. The molecule has 1 saturated heterocycles. The van der Waals surface area contributed by atoms with Crippen molar-refractivity contribution in [3.8, 4) is 28.3 Å². The van der Waals surface area contributed by atoms with Crippen LogP contribution in [0.4, 0.5) is 5.82 Å². The minimum absolute atomic E-state index is 0.0498. The van der Waals surface area contributed by atoms with Crippen molar-refractivity contribution in [1.82, 2.24) is 20.3 Å². The molecular weight excluding hydrogens is 464 g/mol. The van der Waals surface area contributed by atoms with Crippen molar-refractivity contribution < 1.29 is 9.53 Å². The third-order valence-corrected chi connectivity index (χ3v) is 6.52. The van der Waals surface area contributed by atoms with Crippen LogP contribution in [0.25, 0.3) is 22.5 Å². The van der Waals surface area contributed by atoms with E-state index in [0.717, 1.165) is 16.9 Å². The summed E-state index contributed by atoms with van der Waals surface area (Å²) >= 11 is 6.66. The molecule has 2 aromatic heterocycles. The highest BCUT2D eigenvalue weighted by molar-refractivity contribution is 6.33. The van der Waals surface area contributed by atoms with E-state index in [-0.39, 0.29) is 12.0 Å². The maximum absolute atomic E-state index is 12.2. The third-order valence-electron chi connectivity index (χ3n) is 6.21. The Morgan fingerprint density at radius 3 is 2.51 bits per heavy atom. The standard InChI is InChI=1S/C26H31ClN6O2/c1-4-31-26(25(28)34)9-13-33(14-10-26)22-16-30-24(23(32-22)18-7-11-29-12-8-18)20-6-5-19(15-21(20)27)35-17(2)3/h5-8,11-12,15-17,31H,4,9-10,13-14H2,1-3H3,(H2,28,34). The van der Waals surface area contributed by atoms with Crippen LogP contribution in [0.3, 0.4) is 0 Å². The van der Waals surface area contributed by atoms with Gasteiger partial charge in [0.2, 0.25) is 5.91 Å². The number of ether oxygens (including phenoxy) is 1. The van der Waals surface area contributed by atoms with Crippen LogP contribution in [0.1, 0.15) is 33.6 Å². The SMILES string of the molecule is CCNC1(C(N)=O)CCN(c2cnc(-c3ccc(OC(C)C)cc3Cl)c(-c3ccncc3)n2)CC1. The molecule has 9 heteroatoms. The fraction of sp³-hybridized carbons (Fsp3) is 0.385. The van der Waals surface area contributed by atoms with Gasteiger partial charge in [-0.25, -0.2) is 4.98 Å². The van der Waals surface area contributed by atoms with E-state index >= 15 is 0 Å². The second-order valence-electron chi connectivity index (χ2n) is 8.93. The van der Waals surface area contributed by atoms with Crippen molar-refractivity contribution in [1.29, 1.82) is 0 Å². The van der Waals surface area contributed by atoms with Gasteiger partial charge in [0.1, 0.15) is 17.1 Å². The van der Waals surface area contributed by atoms with Gasteiger partial charge in [0.25, 0.3) is 0 Å². The number of carbonyl (C=O) groups is 1. The summed E-state index contributed by atoms with van der Waals surface area (Å²) in [5, 5.41) is 3.83. The van der Waals surface area contributed by atoms with Gasteiger partial charge in [-0.3, -0.25) is 14.8 Å². The molecule has 0 aliphatic carbocycles. The molecule has 0 radical (unpaired) electrons. The van der Waals surface area contributed by atoms with E-state index in [1.165, 1.54) is 0 Å². The fourth-order valence-electron chi connectivity index (χ4n) is 4.44. The lowest BCUT2D eigenvalue weighted by molar-refractivity contribution is -0.125. The molecule has 0 saturated carbocycles. The lowest BCUT2D eigenvalue weighted by atomic mass is 9.86. The van der Waals surface area contributed by atoms with Gasteiger partial charge < -0.3 is 20.7 Å². The first kappa shape index (κ1) is 24.9. The van der Waals surface area contributed by atoms with Crippen LogP contribution in [-0.2, 0) is 4.79 Å². The number of rotatable bonds is 8. The quantitative estimate of drug-likeness (QED) is 0.486. The molecule has 0 bridgehead atoms. The normalized spacial score (nSPS) is 15.3. The second kappa shape index (κ2) is 10.6. The maximum Gasteiger partial charge on any atom is 0.237 e. The van der Waals surface area contributed by atoms with Crippen LogP contribution >= 0.6 is 11.6 Å². The molecule has 1 fully saturated rings. The summed E-state index contributed by atoms with van der Waals surface area (Å²) in [6.07, 6.45) is 6.48. The van der Waals surface area contributed by atoms with Crippen LogP contribution in [-0.4, -0.2) is 52.1 Å². The van der Waals surface area contributed by atoms with Gasteiger partial charge in [-0.2, -0.15) is 0 Å². The number of benzene rings is 1. The van der Waals surface area contributed by atoms with E-state index in [9.17, 15) is 4.79 Å². The highest BCUT2D eigenvalue weighted by Crippen LogP contribution is 2.37. The highest BCUT2D eigenvalue weighted by Gasteiger charge is 2.39. The number of nitrogens with one attached hydrogen (secondary N) is 1. The number of hydrogen-bond donors (Lipinski definition) is 2. The molecule has 0 unspecified atom stereocenters. The molecule has 1 aliphatic heterocycles. The number of hydrogen-bond acceptors (Lipinski definition) is 7. The van der Waals surface area contributed by atoms with Crippen LogP contribution < -0.4 is 20.7 Å². The van der Waals surface area contributed by atoms with Crippen molar-refractivity contribution in [2.45, 2.75) is 45.3 Å². The van der Waals surface area contributed by atoms with E-state index in [1.807, 2.05) is 45.0 Å². The van der Waals surface area contributed by atoms with E-state index < -0.39 is 5.54 Å². The summed E-state index contributed by atoms with van der Waals surface area (Å²) in [7, 11) is 0. The summed E-state index contributed by atoms with van der Waals surface area (Å²) < 4.78 is 5.78. The molecule has 1 aromatic carbocycles. The van der Waals surface area contributed by atoms with Crippen LogP contribution in [0.15, 0.2) is 48.9 Å². The van der Waals surface area contributed by atoms with E-state index in [2.05, 4.69) is 15.2 Å². The van der Waals surface area contributed by atoms with Gasteiger partial charge in [-0.1, -0.05) is 18.5 Å². The van der Waals surface area contributed by atoms with Crippen molar-refractivity contribution in [2.75, 3.05) is 24.5 Å². The number of pyridine rings is 1. The molecule has 8 nitrogen and oxygen atoms in total. The Balaban J connectivity index is 1.69. The van der Waals surface area contributed by atoms with E-state index in [1.54, 1.807) is 24.7 Å². The van der Waals surface area contributed by atoms with Gasteiger partial charge in [-0.15, -0.1) is 0 Å². The number of nitrogens with two attached hydrogens (primary N) is 1. The Kier molecular flexibility index (Phi) is 7.52. The number of amides is 1. The highest BCUT2D eigenvalue weighted by atomic mass is 35.5.